The van der Waals surface area contributed by atoms with Gasteiger partial charge in [-0.3, -0.25) is 0 Å². The first-order valence-electron chi connectivity index (χ1n) is 21.2. The zero-order valence-corrected chi connectivity index (χ0v) is 34.9. The van der Waals surface area contributed by atoms with Crippen LogP contribution in [0.5, 0.6) is 0 Å². The van der Waals surface area contributed by atoms with Crippen LogP contribution >= 0.6 is 0 Å². The van der Waals surface area contributed by atoms with Gasteiger partial charge in [0.15, 0.2) is 12.4 Å². The summed E-state index contributed by atoms with van der Waals surface area (Å²) in [6, 6.07) is 13.7. The maximum atomic E-state index is 2.69. The van der Waals surface area contributed by atoms with Crippen molar-refractivity contribution in [2.24, 2.45) is 7.05 Å². The maximum Gasteiger partial charge on any atom is 0.169 e. The molecule has 0 bridgehead atoms. The first kappa shape index (κ1) is 45.7. The number of benzene rings is 1. The van der Waals surface area contributed by atoms with Gasteiger partial charge in [0, 0.05) is 30.9 Å². The quantitative estimate of drug-likeness (QED) is 0.0397. The van der Waals surface area contributed by atoms with Gasteiger partial charge in [0.25, 0.3) is 0 Å². The van der Waals surface area contributed by atoms with E-state index >= 15 is 0 Å². The predicted molar refractivity (Wildman–Crippen MR) is 216 cm³/mol. The molecule has 0 aliphatic rings. The van der Waals surface area contributed by atoms with E-state index in [1.807, 2.05) is 0 Å². The molecule has 0 unspecified atom stereocenters. The summed E-state index contributed by atoms with van der Waals surface area (Å²) in [4.78, 5) is 2.69. The third kappa shape index (κ3) is 26.1. The van der Waals surface area contributed by atoms with Gasteiger partial charge >= 0.3 is 0 Å². The average Bonchev–Trinajstić information content (AvgIpc) is 3.11. The second-order valence-corrected chi connectivity index (χ2v) is 14.9. The fourth-order valence-electron chi connectivity index (χ4n) is 6.98. The Morgan fingerprint density at radius 2 is 0.694 bits per heavy atom. The van der Waals surface area contributed by atoms with E-state index in [1.54, 1.807) is 0 Å². The van der Waals surface area contributed by atoms with Crippen LogP contribution in [0.2, 0.25) is 0 Å². The van der Waals surface area contributed by atoms with Gasteiger partial charge in [-0.05, 0) is 36.1 Å². The fourth-order valence-corrected chi connectivity index (χ4v) is 6.98. The molecule has 1 aromatic carbocycles. The van der Waals surface area contributed by atoms with Crippen LogP contribution in [0, 0.1) is 0 Å². The Labute approximate surface area is 323 Å². The van der Waals surface area contributed by atoms with E-state index in [9.17, 15) is 0 Å². The lowest BCUT2D eigenvalue weighted by Crippen LogP contribution is -3.00. The lowest BCUT2D eigenvalue weighted by atomic mass is 10.0. The second kappa shape index (κ2) is 33.8. The van der Waals surface area contributed by atoms with E-state index in [0.717, 1.165) is 0 Å². The monoisotopic (exact) mass is 787 g/mol. The number of aryl methyl sites for hydroxylation is 1. The molecular formula is C46H79IN2. The highest BCUT2D eigenvalue weighted by molar-refractivity contribution is 5.70. The zero-order valence-electron chi connectivity index (χ0n) is 32.8. The molecule has 0 amide bonds. The minimum Gasteiger partial charge on any atom is -1.00 e. The van der Waals surface area contributed by atoms with Crippen molar-refractivity contribution in [2.45, 2.75) is 194 Å². The van der Waals surface area contributed by atoms with Crippen LogP contribution < -0.4 is 33.4 Å². The summed E-state index contributed by atoms with van der Waals surface area (Å²) in [7, 11) is 2.06. The van der Waals surface area contributed by atoms with Crippen molar-refractivity contribution in [1.82, 2.24) is 0 Å². The third-order valence-electron chi connectivity index (χ3n) is 10.3. The zero-order chi connectivity index (χ0) is 34.2. The van der Waals surface area contributed by atoms with Crippen molar-refractivity contribution < 1.29 is 28.5 Å². The van der Waals surface area contributed by atoms with Crippen molar-refractivity contribution in [3.63, 3.8) is 0 Å². The first-order valence-corrected chi connectivity index (χ1v) is 21.2. The summed E-state index contributed by atoms with van der Waals surface area (Å²) < 4.78 is 2.08. The lowest BCUT2D eigenvalue weighted by Gasteiger charge is -2.25. The topological polar surface area (TPSA) is 7.12 Å². The van der Waals surface area contributed by atoms with Crippen LogP contribution in [0.25, 0.3) is 12.2 Å². The van der Waals surface area contributed by atoms with Gasteiger partial charge in [-0.2, -0.15) is 0 Å². The van der Waals surface area contributed by atoms with E-state index in [4.69, 9.17) is 0 Å². The molecule has 2 nitrogen and oxygen atoms in total. The average molecular weight is 787 g/mol. The van der Waals surface area contributed by atoms with Crippen molar-refractivity contribution in [3.05, 3.63) is 59.9 Å². The molecule has 0 fully saturated rings. The number of nitrogens with zero attached hydrogens (tertiary/aromatic N) is 2. The highest BCUT2D eigenvalue weighted by Gasteiger charge is 2.07. The highest BCUT2D eigenvalue weighted by Crippen LogP contribution is 2.20. The molecule has 0 atom stereocenters. The molecular weight excluding hydrogens is 707 g/mol. The summed E-state index contributed by atoms with van der Waals surface area (Å²) >= 11 is 0. The Kier molecular flexibility index (Phi) is 31.5. The number of rotatable bonds is 33. The predicted octanol–water partition coefficient (Wildman–Crippen LogP) is 11.5. The van der Waals surface area contributed by atoms with Crippen LogP contribution in [0.3, 0.4) is 0 Å². The number of hydrogen-bond donors (Lipinski definition) is 0. The number of pyridine rings is 1. The molecule has 2 rings (SSSR count). The van der Waals surface area contributed by atoms with Gasteiger partial charge in [-0.1, -0.05) is 205 Å². The number of halogens is 1. The normalized spacial score (nSPS) is 11.3. The molecule has 1 heterocycles. The van der Waals surface area contributed by atoms with Gasteiger partial charge in [0.2, 0.25) is 0 Å². The SMILES string of the molecule is CCCCCCCCCCCCCCCCN(CCCCCCCCCCCCCCCC)c1ccc(/C=C/c2cc[n+](C)cc2)cc1.[I-]. The first-order chi connectivity index (χ1) is 23.7. The third-order valence-corrected chi connectivity index (χ3v) is 10.3. The van der Waals surface area contributed by atoms with E-state index < -0.39 is 0 Å². The molecule has 0 saturated carbocycles. The summed E-state index contributed by atoms with van der Waals surface area (Å²) in [6.07, 6.45) is 48.6. The molecule has 3 heteroatoms. The number of unbranched alkanes of at least 4 members (excludes halogenated alkanes) is 26. The molecule has 280 valence electrons. The van der Waals surface area contributed by atoms with E-state index in [1.165, 1.54) is 210 Å². The molecule has 0 N–H and O–H groups in total. The van der Waals surface area contributed by atoms with Crippen molar-refractivity contribution in [2.75, 3.05) is 18.0 Å². The Balaban J connectivity index is 0.0000120. The van der Waals surface area contributed by atoms with Gasteiger partial charge in [-0.25, -0.2) is 4.57 Å². The van der Waals surface area contributed by atoms with Crippen molar-refractivity contribution in [1.29, 1.82) is 0 Å². The number of aromatic nitrogens is 1. The van der Waals surface area contributed by atoms with E-state index in [2.05, 4.69) is 91.3 Å². The molecule has 49 heavy (non-hydrogen) atoms. The molecule has 0 spiro atoms. The second-order valence-electron chi connectivity index (χ2n) is 14.9. The van der Waals surface area contributed by atoms with Crippen molar-refractivity contribution >= 4 is 17.8 Å². The lowest BCUT2D eigenvalue weighted by molar-refractivity contribution is -0.671. The molecule has 0 aliphatic carbocycles. The standard InChI is InChI=1S/C46H79N2.HI/c1-4-6-8-10-12-14-16-18-20-22-24-26-28-30-40-48(41-31-29-27-25-23-21-19-17-15-13-11-9-7-5-2)46-36-34-44(35-37-46)32-33-45-38-42-47(3)43-39-45;/h32-39,42-43H,4-31,40-41H2,1-3H3;1H/q+1;/p-1. The largest absolute Gasteiger partial charge is 1.00 e. The highest BCUT2D eigenvalue weighted by atomic mass is 127. The fraction of sp³-hybridized carbons (Fsp3) is 0.717. The summed E-state index contributed by atoms with van der Waals surface area (Å²) in [5.74, 6) is 0. The van der Waals surface area contributed by atoms with Crippen LogP contribution in [0.1, 0.15) is 205 Å². The molecule has 0 saturated heterocycles. The molecule has 1 aromatic heterocycles. The molecule has 0 radical (unpaired) electrons. The Morgan fingerprint density at radius 3 is 1.02 bits per heavy atom. The Morgan fingerprint density at radius 1 is 0.408 bits per heavy atom. The summed E-state index contributed by atoms with van der Waals surface area (Å²) in [5.41, 5.74) is 3.93. The van der Waals surface area contributed by atoms with Crippen LogP contribution in [-0.4, -0.2) is 13.1 Å². The van der Waals surface area contributed by atoms with Gasteiger partial charge in [-0.15, -0.1) is 0 Å². The number of anilines is 1. The van der Waals surface area contributed by atoms with E-state index in [-0.39, 0.29) is 24.0 Å². The molecule has 0 aliphatic heterocycles. The van der Waals surface area contributed by atoms with Gasteiger partial charge in [0.1, 0.15) is 7.05 Å². The van der Waals surface area contributed by atoms with Gasteiger partial charge in [0.05, 0.1) is 0 Å². The Hall–Kier alpha value is -1.36. The maximum absolute atomic E-state index is 2.69. The minimum absolute atomic E-state index is 0. The van der Waals surface area contributed by atoms with Crippen molar-refractivity contribution in [3.8, 4) is 0 Å². The minimum atomic E-state index is 0. The molecule has 2 aromatic rings. The van der Waals surface area contributed by atoms with Crippen LogP contribution in [-0.2, 0) is 7.05 Å². The Bertz CT molecular complexity index is 951. The number of hydrogen-bond acceptors (Lipinski definition) is 1. The smallest absolute Gasteiger partial charge is 0.169 e. The summed E-state index contributed by atoms with van der Waals surface area (Å²) in [6.45, 7) is 7.02. The van der Waals surface area contributed by atoms with Crippen LogP contribution in [0.15, 0.2) is 48.8 Å². The summed E-state index contributed by atoms with van der Waals surface area (Å²) in [5, 5.41) is 0. The van der Waals surface area contributed by atoms with Gasteiger partial charge < -0.3 is 28.9 Å². The van der Waals surface area contributed by atoms with Crippen LogP contribution in [0.4, 0.5) is 5.69 Å². The van der Waals surface area contributed by atoms with E-state index in [0.29, 0.717) is 0 Å².